The normalized spacial score (nSPS) is 9.50. The van der Waals surface area contributed by atoms with Gasteiger partial charge in [0.25, 0.3) is 0 Å². The molecular weight excluding hydrogens is 566 g/mol. The summed E-state index contributed by atoms with van der Waals surface area (Å²) in [5.41, 5.74) is 2.32. The molecule has 4 rings (SSSR count). The standard InChI is InChI=1S/2C15H13ClO3.Na.H2O/c2*1-18-15(17)14-8-7-12(16)9-11(14)10-19-13-5-3-2-4-6-13;;/h2*2-9H,10H2,1H3;;1H2/q;;+1;/p-1. The molecule has 0 saturated carbocycles. The van der Waals surface area contributed by atoms with E-state index < -0.39 is 11.9 Å². The van der Waals surface area contributed by atoms with Gasteiger partial charge in [-0.25, -0.2) is 9.59 Å². The summed E-state index contributed by atoms with van der Waals surface area (Å²) in [5.74, 6) is 0.670. The largest absolute Gasteiger partial charge is 1.00 e. The van der Waals surface area contributed by atoms with Gasteiger partial charge in [-0.05, 0) is 60.7 Å². The van der Waals surface area contributed by atoms with E-state index in [9.17, 15) is 9.59 Å². The van der Waals surface area contributed by atoms with Crippen molar-refractivity contribution < 1.29 is 63.6 Å². The second-order valence-electron chi connectivity index (χ2n) is 7.79. The Morgan fingerprint density at radius 3 is 1.27 bits per heavy atom. The molecule has 0 fully saturated rings. The van der Waals surface area contributed by atoms with Gasteiger partial charge in [-0.1, -0.05) is 59.6 Å². The number of benzene rings is 4. The van der Waals surface area contributed by atoms with Gasteiger partial charge in [0.05, 0.1) is 25.3 Å². The third-order valence-electron chi connectivity index (χ3n) is 5.22. The van der Waals surface area contributed by atoms with Crippen LogP contribution in [0.3, 0.4) is 0 Å². The van der Waals surface area contributed by atoms with Crippen molar-refractivity contribution in [3.05, 3.63) is 129 Å². The molecule has 0 aromatic heterocycles. The molecule has 0 bridgehead atoms. The molecule has 204 valence electrons. The van der Waals surface area contributed by atoms with E-state index in [1.54, 1.807) is 36.4 Å². The molecule has 0 heterocycles. The van der Waals surface area contributed by atoms with Crippen LogP contribution in [0.25, 0.3) is 0 Å². The molecule has 0 unspecified atom stereocenters. The van der Waals surface area contributed by atoms with Crippen LogP contribution in [0.1, 0.15) is 31.8 Å². The molecule has 0 amide bonds. The van der Waals surface area contributed by atoms with E-state index in [4.69, 9.17) is 42.1 Å². The van der Waals surface area contributed by atoms with Crippen LogP contribution >= 0.6 is 23.2 Å². The number of halogens is 2. The molecule has 4 aromatic carbocycles. The van der Waals surface area contributed by atoms with E-state index in [0.29, 0.717) is 32.3 Å². The Hall–Kier alpha value is -3.04. The van der Waals surface area contributed by atoms with Gasteiger partial charge >= 0.3 is 41.5 Å². The Morgan fingerprint density at radius 1 is 0.600 bits per heavy atom. The zero-order valence-electron chi connectivity index (χ0n) is 22.3. The van der Waals surface area contributed by atoms with Crippen LogP contribution in [0.15, 0.2) is 97.1 Å². The predicted octanol–water partition coefficient (Wildman–Crippen LogP) is 4.24. The first-order valence-corrected chi connectivity index (χ1v) is 12.3. The summed E-state index contributed by atoms with van der Waals surface area (Å²) < 4.78 is 20.7. The van der Waals surface area contributed by atoms with Crippen molar-refractivity contribution in [2.24, 2.45) is 0 Å². The van der Waals surface area contributed by atoms with Gasteiger partial charge in [0, 0.05) is 21.2 Å². The van der Waals surface area contributed by atoms with E-state index in [0.717, 1.165) is 11.5 Å². The Morgan fingerprint density at radius 2 is 0.950 bits per heavy atom. The zero-order chi connectivity index (χ0) is 27.3. The second kappa shape index (κ2) is 18.3. The Bertz CT molecular complexity index is 1250. The average Bonchev–Trinajstić information content (AvgIpc) is 2.95. The molecule has 0 atom stereocenters. The van der Waals surface area contributed by atoms with Crippen molar-refractivity contribution in [3.63, 3.8) is 0 Å². The summed E-state index contributed by atoms with van der Waals surface area (Å²) in [6, 6.07) is 28.7. The Balaban J connectivity index is 0.000000381. The van der Waals surface area contributed by atoms with Crippen molar-refractivity contribution in [1.82, 2.24) is 0 Å². The first kappa shape index (κ1) is 35.0. The molecule has 40 heavy (non-hydrogen) atoms. The molecule has 0 aliphatic carbocycles. The van der Waals surface area contributed by atoms with Crippen molar-refractivity contribution >= 4 is 35.1 Å². The Kier molecular flexibility index (Phi) is 16.0. The molecule has 0 saturated heterocycles. The maximum atomic E-state index is 11.6. The number of hydrogen-bond acceptors (Lipinski definition) is 7. The SMILES string of the molecule is COC(=O)c1ccc(Cl)cc1COc1ccccc1.COC(=O)c1ccc(Cl)cc1COc1ccccc1.[Na+].[OH-]. The van der Waals surface area contributed by atoms with E-state index >= 15 is 0 Å². The van der Waals surface area contributed by atoms with Gasteiger partial charge in [-0.2, -0.15) is 0 Å². The fourth-order valence-corrected chi connectivity index (χ4v) is 3.73. The predicted molar refractivity (Wildman–Crippen MR) is 149 cm³/mol. The summed E-state index contributed by atoms with van der Waals surface area (Å²) in [6.45, 7) is 0.518. The van der Waals surface area contributed by atoms with Gasteiger partial charge < -0.3 is 24.4 Å². The molecule has 0 radical (unpaired) electrons. The number of carbonyl (C=O) groups excluding carboxylic acids is 2. The smallest absolute Gasteiger partial charge is 0.870 e. The molecule has 10 heteroatoms. The quantitative estimate of drug-likeness (QED) is 0.223. The molecule has 7 nitrogen and oxygen atoms in total. The van der Waals surface area contributed by atoms with Crippen molar-refractivity contribution in [1.29, 1.82) is 0 Å². The summed E-state index contributed by atoms with van der Waals surface area (Å²) in [4.78, 5) is 23.3. The van der Waals surface area contributed by atoms with Crippen LogP contribution in [0.5, 0.6) is 11.5 Å². The fourth-order valence-electron chi connectivity index (χ4n) is 3.34. The number of esters is 2. The van der Waals surface area contributed by atoms with Crippen molar-refractivity contribution in [2.75, 3.05) is 14.2 Å². The van der Waals surface area contributed by atoms with Gasteiger partial charge in [-0.15, -0.1) is 0 Å². The molecular formula is C30H27Cl2NaO7. The second-order valence-corrected chi connectivity index (χ2v) is 8.66. The zero-order valence-corrected chi connectivity index (χ0v) is 25.8. The van der Waals surface area contributed by atoms with E-state index in [1.165, 1.54) is 14.2 Å². The van der Waals surface area contributed by atoms with Crippen molar-refractivity contribution in [2.45, 2.75) is 13.2 Å². The van der Waals surface area contributed by atoms with Crippen LogP contribution in [0.2, 0.25) is 10.0 Å². The van der Waals surface area contributed by atoms with Crippen LogP contribution in [-0.2, 0) is 22.7 Å². The maximum Gasteiger partial charge on any atom is 1.00 e. The van der Waals surface area contributed by atoms with E-state index in [1.807, 2.05) is 60.7 Å². The summed E-state index contributed by atoms with van der Waals surface area (Å²) in [6.07, 6.45) is 0. The third kappa shape index (κ3) is 10.8. The molecule has 0 spiro atoms. The average molecular weight is 593 g/mol. The third-order valence-corrected chi connectivity index (χ3v) is 5.69. The number of carbonyl (C=O) groups is 2. The first-order chi connectivity index (χ1) is 18.4. The summed E-state index contributed by atoms with van der Waals surface area (Å²) in [7, 11) is 2.69. The first-order valence-electron chi connectivity index (χ1n) is 11.5. The molecule has 0 aliphatic rings. The number of para-hydroxylation sites is 2. The topological polar surface area (TPSA) is 101 Å². The van der Waals surface area contributed by atoms with Gasteiger partial charge in [-0.3, -0.25) is 0 Å². The van der Waals surface area contributed by atoms with Crippen molar-refractivity contribution in [3.8, 4) is 11.5 Å². The number of ether oxygens (including phenoxy) is 4. The minimum Gasteiger partial charge on any atom is -0.870 e. The minimum absolute atomic E-state index is 0. The molecule has 1 N–H and O–H groups in total. The van der Waals surface area contributed by atoms with E-state index in [-0.39, 0.29) is 48.2 Å². The molecule has 0 aliphatic heterocycles. The maximum absolute atomic E-state index is 11.6. The van der Waals surface area contributed by atoms with Gasteiger partial charge in [0.15, 0.2) is 0 Å². The summed E-state index contributed by atoms with van der Waals surface area (Å²) in [5, 5.41) is 1.11. The fraction of sp³-hybridized carbons (Fsp3) is 0.133. The van der Waals surface area contributed by atoms with Gasteiger partial charge in [0.2, 0.25) is 0 Å². The number of rotatable bonds is 8. The Labute approximate surface area is 265 Å². The van der Waals surface area contributed by atoms with Crippen LogP contribution in [0, 0.1) is 0 Å². The molecule has 4 aromatic rings. The minimum atomic E-state index is -0.400. The monoisotopic (exact) mass is 592 g/mol. The van der Waals surface area contributed by atoms with Gasteiger partial charge in [0.1, 0.15) is 24.7 Å². The van der Waals surface area contributed by atoms with Crippen LogP contribution < -0.4 is 39.0 Å². The van der Waals surface area contributed by atoms with E-state index in [2.05, 4.69) is 0 Å². The number of hydrogen-bond donors (Lipinski definition) is 0. The van der Waals surface area contributed by atoms with Crippen LogP contribution in [0.4, 0.5) is 0 Å². The number of methoxy groups -OCH3 is 2. The summed E-state index contributed by atoms with van der Waals surface area (Å²) >= 11 is 11.9. The van der Waals surface area contributed by atoms with Crippen LogP contribution in [-0.4, -0.2) is 31.6 Å².